The maximum absolute atomic E-state index is 11.8. The van der Waals surface area contributed by atoms with Gasteiger partial charge in [-0.05, 0) is 23.6 Å². The normalized spacial score (nSPS) is 10.5. The first-order valence-corrected chi connectivity index (χ1v) is 7.32. The van der Waals surface area contributed by atoms with E-state index in [0.717, 1.165) is 28.6 Å². The lowest BCUT2D eigenvalue weighted by Gasteiger charge is -2.08. The van der Waals surface area contributed by atoms with Gasteiger partial charge < -0.3 is 5.32 Å². The lowest BCUT2D eigenvalue weighted by molar-refractivity contribution is -0.113. The summed E-state index contributed by atoms with van der Waals surface area (Å²) in [6.07, 6.45) is 1.10. The van der Waals surface area contributed by atoms with E-state index in [-0.39, 0.29) is 5.91 Å². The summed E-state index contributed by atoms with van der Waals surface area (Å²) in [5.74, 6) is 1.63. The first kappa shape index (κ1) is 13.0. The Morgan fingerprint density at radius 3 is 2.78 bits per heavy atom. The van der Waals surface area contributed by atoms with Crippen molar-refractivity contribution in [2.24, 2.45) is 0 Å². The van der Waals surface area contributed by atoms with Crippen molar-refractivity contribution in [3.8, 4) is 0 Å². The van der Waals surface area contributed by atoms with Crippen molar-refractivity contribution >= 4 is 34.1 Å². The van der Waals surface area contributed by atoms with Gasteiger partial charge in [-0.25, -0.2) is 0 Å². The Hall–Kier alpha value is -1.48. The Bertz CT molecular complexity index is 534. The molecule has 18 heavy (non-hydrogen) atoms. The highest BCUT2D eigenvalue weighted by atomic mass is 32.2. The number of carbonyl (C=O) groups excluding carboxylic acids is 1. The Morgan fingerprint density at radius 2 is 1.94 bits per heavy atom. The average Bonchev–Trinajstić information content (AvgIpc) is 2.39. The number of carbonyl (C=O) groups is 1. The lowest BCUT2D eigenvalue weighted by atomic mass is 10.1. The monoisotopic (exact) mass is 259 g/mol. The van der Waals surface area contributed by atoms with Crippen LogP contribution in [0.4, 0.5) is 5.69 Å². The van der Waals surface area contributed by atoms with Gasteiger partial charge in [0, 0.05) is 11.1 Å². The number of hydrogen-bond donors (Lipinski definition) is 1. The highest BCUT2D eigenvalue weighted by Crippen LogP contribution is 2.23. The minimum absolute atomic E-state index is 0.0739. The second-order valence-corrected chi connectivity index (χ2v) is 5.23. The van der Waals surface area contributed by atoms with E-state index in [1.807, 2.05) is 30.3 Å². The number of benzene rings is 2. The molecule has 2 rings (SSSR count). The van der Waals surface area contributed by atoms with Crippen molar-refractivity contribution in [3.05, 3.63) is 42.5 Å². The number of hydrogen-bond acceptors (Lipinski definition) is 2. The highest BCUT2D eigenvalue weighted by Gasteiger charge is 2.05. The van der Waals surface area contributed by atoms with Gasteiger partial charge in [-0.1, -0.05) is 43.3 Å². The van der Waals surface area contributed by atoms with Crippen molar-refractivity contribution in [3.63, 3.8) is 0 Å². The predicted octanol–water partition coefficient (Wildman–Crippen LogP) is 3.92. The molecule has 0 aliphatic carbocycles. The van der Waals surface area contributed by atoms with E-state index in [9.17, 15) is 4.79 Å². The number of nitrogens with one attached hydrogen (secondary N) is 1. The number of fused-ring (bicyclic) bond motifs is 1. The molecule has 1 amide bonds. The van der Waals surface area contributed by atoms with Crippen LogP contribution < -0.4 is 5.32 Å². The molecule has 0 spiro atoms. The van der Waals surface area contributed by atoms with Gasteiger partial charge in [-0.3, -0.25) is 4.79 Å². The van der Waals surface area contributed by atoms with Crippen LogP contribution in [-0.4, -0.2) is 17.4 Å². The number of amides is 1. The number of rotatable bonds is 5. The summed E-state index contributed by atoms with van der Waals surface area (Å²) in [7, 11) is 0. The van der Waals surface area contributed by atoms with Gasteiger partial charge in [0.25, 0.3) is 0 Å². The second-order valence-electron chi connectivity index (χ2n) is 4.13. The van der Waals surface area contributed by atoms with Crippen LogP contribution in [0.5, 0.6) is 0 Å². The summed E-state index contributed by atoms with van der Waals surface area (Å²) in [6, 6.07) is 14.1. The summed E-state index contributed by atoms with van der Waals surface area (Å²) in [6.45, 7) is 2.12. The van der Waals surface area contributed by atoms with Crippen LogP contribution in [0.2, 0.25) is 0 Å². The number of thioether (sulfide) groups is 1. The van der Waals surface area contributed by atoms with Crippen molar-refractivity contribution in [2.45, 2.75) is 13.3 Å². The van der Waals surface area contributed by atoms with E-state index in [0.29, 0.717) is 5.75 Å². The highest BCUT2D eigenvalue weighted by molar-refractivity contribution is 7.99. The Labute approximate surface area is 112 Å². The second kappa shape index (κ2) is 6.45. The minimum Gasteiger partial charge on any atom is -0.325 e. The summed E-state index contributed by atoms with van der Waals surface area (Å²) < 4.78 is 0. The van der Waals surface area contributed by atoms with Gasteiger partial charge in [0.2, 0.25) is 5.91 Å². The molecule has 94 valence electrons. The molecular weight excluding hydrogens is 242 g/mol. The molecule has 0 saturated heterocycles. The van der Waals surface area contributed by atoms with Gasteiger partial charge in [0.1, 0.15) is 0 Å². The summed E-state index contributed by atoms with van der Waals surface area (Å²) in [5, 5.41) is 5.23. The van der Waals surface area contributed by atoms with Crippen molar-refractivity contribution in [2.75, 3.05) is 16.8 Å². The van der Waals surface area contributed by atoms with Gasteiger partial charge in [0.05, 0.1) is 5.75 Å². The maximum atomic E-state index is 11.8. The molecule has 0 aromatic heterocycles. The Balaban J connectivity index is 2.09. The predicted molar refractivity (Wildman–Crippen MR) is 80.2 cm³/mol. The summed E-state index contributed by atoms with van der Waals surface area (Å²) in [4.78, 5) is 11.8. The molecule has 0 aliphatic rings. The van der Waals surface area contributed by atoms with E-state index >= 15 is 0 Å². The molecule has 2 nitrogen and oxygen atoms in total. The minimum atomic E-state index is 0.0739. The van der Waals surface area contributed by atoms with Crippen molar-refractivity contribution < 1.29 is 4.79 Å². The van der Waals surface area contributed by atoms with E-state index in [1.54, 1.807) is 11.8 Å². The molecule has 0 aliphatic heterocycles. The average molecular weight is 259 g/mol. The fraction of sp³-hybridized carbons (Fsp3) is 0.267. The molecular formula is C15H17NOS. The first-order valence-electron chi connectivity index (χ1n) is 6.16. The third-order valence-electron chi connectivity index (χ3n) is 2.65. The molecule has 0 atom stereocenters. The van der Waals surface area contributed by atoms with Crippen LogP contribution in [-0.2, 0) is 4.79 Å². The molecule has 0 radical (unpaired) electrons. The lowest BCUT2D eigenvalue weighted by Crippen LogP contribution is -2.14. The van der Waals surface area contributed by atoms with E-state index in [4.69, 9.17) is 0 Å². The van der Waals surface area contributed by atoms with Gasteiger partial charge >= 0.3 is 0 Å². The smallest absolute Gasteiger partial charge is 0.234 e. The third-order valence-corrected chi connectivity index (χ3v) is 3.81. The zero-order valence-electron chi connectivity index (χ0n) is 10.5. The van der Waals surface area contributed by atoms with Crippen LogP contribution >= 0.6 is 11.8 Å². The van der Waals surface area contributed by atoms with Crippen LogP contribution in [0.1, 0.15) is 13.3 Å². The molecule has 0 bridgehead atoms. The molecule has 1 N–H and O–H groups in total. The van der Waals surface area contributed by atoms with E-state index < -0.39 is 0 Å². The molecule has 3 heteroatoms. The van der Waals surface area contributed by atoms with Gasteiger partial charge in [-0.2, -0.15) is 11.8 Å². The maximum Gasteiger partial charge on any atom is 0.234 e. The zero-order valence-corrected chi connectivity index (χ0v) is 11.3. The van der Waals surface area contributed by atoms with Gasteiger partial charge in [-0.15, -0.1) is 0 Å². The van der Waals surface area contributed by atoms with Crippen molar-refractivity contribution in [1.82, 2.24) is 0 Å². The van der Waals surface area contributed by atoms with Crippen molar-refractivity contribution in [1.29, 1.82) is 0 Å². The SMILES string of the molecule is CCCSCC(=O)Nc1cccc2ccccc12. The Morgan fingerprint density at radius 1 is 1.17 bits per heavy atom. The Kier molecular flexibility index (Phi) is 4.65. The van der Waals surface area contributed by atoms with Crippen LogP contribution in [0.3, 0.4) is 0 Å². The fourth-order valence-corrected chi connectivity index (χ4v) is 2.52. The third kappa shape index (κ3) is 3.26. The van der Waals surface area contributed by atoms with E-state index in [1.165, 1.54) is 0 Å². The van der Waals surface area contributed by atoms with Crippen LogP contribution in [0.15, 0.2) is 42.5 Å². The van der Waals surface area contributed by atoms with E-state index in [2.05, 4.69) is 24.4 Å². The summed E-state index contributed by atoms with van der Waals surface area (Å²) in [5.41, 5.74) is 0.898. The fourth-order valence-electron chi connectivity index (χ4n) is 1.83. The van der Waals surface area contributed by atoms with Crippen LogP contribution in [0.25, 0.3) is 10.8 Å². The molecule has 0 fully saturated rings. The quantitative estimate of drug-likeness (QED) is 0.824. The topological polar surface area (TPSA) is 29.1 Å². The zero-order chi connectivity index (χ0) is 12.8. The van der Waals surface area contributed by atoms with Crippen LogP contribution in [0, 0.1) is 0 Å². The molecule has 2 aromatic carbocycles. The number of anilines is 1. The first-order chi connectivity index (χ1) is 8.81. The molecule has 0 heterocycles. The van der Waals surface area contributed by atoms with Gasteiger partial charge in [0.15, 0.2) is 0 Å². The summed E-state index contributed by atoms with van der Waals surface area (Å²) >= 11 is 1.67. The largest absolute Gasteiger partial charge is 0.325 e. The molecule has 0 saturated carbocycles. The molecule has 0 unspecified atom stereocenters. The molecule has 2 aromatic rings. The standard InChI is InChI=1S/C15H17NOS/c1-2-10-18-11-15(17)16-14-9-5-7-12-6-3-4-8-13(12)14/h3-9H,2,10-11H2,1H3,(H,16,17).